The molecule has 0 atom stereocenters. The van der Waals surface area contributed by atoms with Gasteiger partial charge in [0.1, 0.15) is 18.5 Å². The molecule has 2 N–H and O–H groups in total. The van der Waals surface area contributed by atoms with E-state index in [1.165, 1.54) is 18.4 Å². The van der Waals surface area contributed by atoms with Crippen molar-refractivity contribution in [3.8, 4) is 0 Å². The number of oxime groups is 1. The zero-order valence-electron chi connectivity index (χ0n) is 7.44. The van der Waals surface area contributed by atoms with E-state index in [4.69, 9.17) is 5.11 Å². The number of aliphatic hydroxyl groups excluding tert-OH is 1. The molecule has 72 valence electrons. The van der Waals surface area contributed by atoms with E-state index in [0.29, 0.717) is 11.4 Å². The predicted molar refractivity (Wildman–Crippen MR) is 52.3 cm³/mol. The van der Waals surface area contributed by atoms with Gasteiger partial charge in [-0.15, -0.1) is 11.3 Å². The van der Waals surface area contributed by atoms with E-state index in [-0.39, 0.29) is 6.61 Å². The third kappa shape index (κ3) is 2.40. The largest absolute Gasteiger partial charge is 0.399 e. The first-order chi connectivity index (χ1) is 6.31. The molecule has 6 heteroatoms. The molecular weight excluding hydrogens is 190 g/mol. The molecule has 0 spiro atoms. The van der Waals surface area contributed by atoms with Crippen LogP contribution in [-0.2, 0) is 4.84 Å². The first kappa shape index (κ1) is 9.94. The lowest BCUT2D eigenvalue weighted by atomic mass is 10.3. The highest BCUT2D eigenvalue weighted by molar-refractivity contribution is 7.13. The second-order valence-electron chi connectivity index (χ2n) is 2.17. The molecule has 0 aromatic carbocycles. The summed E-state index contributed by atoms with van der Waals surface area (Å²) in [6.07, 6.45) is 0. The summed E-state index contributed by atoms with van der Waals surface area (Å²) < 4.78 is 0. The van der Waals surface area contributed by atoms with Gasteiger partial charge >= 0.3 is 0 Å². The Morgan fingerprint density at radius 2 is 2.62 bits per heavy atom. The summed E-state index contributed by atoms with van der Waals surface area (Å²) in [7, 11) is 3.22. The monoisotopic (exact) mass is 201 g/mol. The number of aliphatic hydroxyl groups is 1. The molecule has 13 heavy (non-hydrogen) atoms. The summed E-state index contributed by atoms with van der Waals surface area (Å²) in [5.74, 6) is 0. The molecule has 0 aliphatic rings. The molecule has 0 fully saturated rings. The van der Waals surface area contributed by atoms with Gasteiger partial charge in [-0.25, -0.2) is 4.98 Å². The molecule has 1 rings (SSSR count). The molecule has 0 aliphatic heterocycles. The first-order valence-electron chi connectivity index (χ1n) is 3.66. The summed E-state index contributed by atoms with van der Waals surface area (Å²) >= 11 is 1.45. The molecule has 0 saturated carbocycles. The number of hydrogen-bond acceptors (Lipinski definition) is 6. The summed E-state index contributed by atoms with van der Waals surface area (Å²) in [4.78, 5) is 8.72. The van der Waals surface area contributed by atoms with Crippen LogP contribution in [0.3, 0.4) is 0 Å². The normalized spacial score (nSPS) is 11.5. The van der Waals surface area contributed by atoms with Crippen molar-refractivity contribution in [2.75, 3.05) is 26.1 Å². The van der Waals surface area contributed by atoms with Gasteiger partial charge in [-0.3, -0.25) is 0 Å². The van der Waals surface area contributed by atoms with Gasteiger partial charge in [-0.2, -0.15) is 0 Å². The number of hydrogen-bond donors (Lipinski definition) is 2. The minimum Gasteiger partial charge on any atom is -0.399 e. The SMILES string of the molecule is CNc1nc(/C(CO)=N/OC)cs1. The average molecular weight is 201 g/mol. The van der Waals surface area contributed by atoms with Crippen LogP contribution in [0.1, 0.15) is 5.69 Å². The maximum atomic E-state index is 8.93. The highest BCUT2D eigenvalue weighted by atomic mass is 32.1. The van der Waals surface area contributed by atoms with E-state index in [9.17, 15) is 0 Å². The van der Waals surface area contributed by atoms with E-state index in [2.05, 4.69) is 20.3 Å². The second-order valence-corrected chi connectivity index (χ2v) is 3.02. The van der Waals surface area contributed by atoms with Crippen molar-refractivity contribution >= 4 is 22.2 Å². The number of aromatic nitrogens is 1. The summed E-state index contributed by atoms with van der Waals surface area (Å²) in [5, 5.41) is 18.1. The van der Waals surface area contributed by atoms with Crippen LogP contribution in [0.25, 0.3) is 0 Å². The van der Waals surface area contributed by atoms with Gasteiger partial charge in [0.05, 0.1) is 6.61 Å². The lowest BCUT2D eigenvalue weighted by Crippen LogP contribution is -2.07. The van der Waals surface area contributed by atoms with E-state index in [0.717, 1.165) is 5.13 Å². The molecule has 0 radical (unpaired) electrons. The Hall–Kier alpha value is -1.14. The quantitative estimate of drug-likeness (QED) is 0.551. The molecular formula is C7H11N3O2S. The number of anilines is 1. The van der Waals surface area contributed by atoms with Gasteiger partial charge in [-0.1, -0.05) is 5.16 Å². The summed E-state index contributed by atoms with van der Waals surface area (Å²) in [6, 6.07) is 0. The van der Waals surface area contributed by atoms with Gasteiger partial charge in [-0.05, 0) is 0 Å². The van der Waals surface area contributed by atoms with Crippen LogP contribution in [0.5, 0.6) is 0 Å². The molecule has 0 bridgehead atoms. The number of rotatable bonds is 4. The van der Waals surface area contributed by atoms with Crippen LogP contribution in [0, 0.1) is 0 Å². The Kier molecular flexibility index (Phi) is 3.66. The van der Waals surface area contributed by atoms with Gasteiger partial charge in [0, 0.05) is 12.4 Å². The average Bonchev–Trinajstić information content (AvgIpc) is 2.62. The van der Waals surface area contributed by atoms with Gasteiger partial charge in [0.25, 0.3) is 0 Å². The molecule has 1 aromatic heterocycles. The van der Waals surface area contributed by atoms with Crippen LogP contribution in [-0.4, -0.2) is 36.6 Å². The van der Waals surface area contributed by atoms with Crippen molar-refractivity contribution in [3.05, 3.63) is 11.1 Å². The highest BCUT2D eigenvalue weighted by Crippen LogP contribution is 2.14. The minimum atomic E-state index is -0.180. The third-order valence-electron chi connectivity index (χ3n) is 1.36. The maximum absolute atomic E-state index is 8.93. The molecule has 1 aromatic rings. The van der Waals surface area contributed by atoms with Crippen LogP contribution >= 0.6 is 11.3 Å². The van der Waals surface area contributed by atoms with Crippen molar-refractivity contribution in [2.24, 2.45) is 5.16 Å². The van der Waals surface area contributed by atoms with Crippen LogP contribution in [0.2, 0.25) is 0 Å². The Morgan fingerprint density at radius 1 is 1.85 bits per heavy atom. The lowest BCUT2D eigenvalue weighted by Gasteiger charge is -1.96. The Labute approximate surface area is 80.1 Å². The maximum Gasteiger partial charge on any atom is 0.182 e. The van der Waals surface area contributed by atoms with Crippen molar-refractivity contribution in [1.82, 2.24) is 4.98 Å². The Balaban J connectivity index is 2.85. The summed E-state index contributed by atoms with van der Waals surface area (Å²) in [5.41, 5.74) is 1.07. The van der Waals surface area contributed by atoms with E-state index in [1.807, 2.05) is 0 Å². The van der Waals surface area contributed by atoms with E-state index < -0.39 is 0 Å². The molecule has 0 saturated heterocycles. The topological polar surface area (TPSA) is 66.7 Å². The zero-order valence-corrected chi connectivity index (χ0v) is 8.26. The molecule has 0 aliphatic carbocycles. The zero-order chi connectivity index (χ0) is 9.68. The summed E-state index contributed by atoms with van der Waals surface area (Å²) in [6.45, 7) is -0.180. The van der Waals surface area contributed by atoms with Gasteiger partial charge < -0.3 is 15.3 Å². The number of thiazole rings is 1. The molecule has 0 unspecified atom stereocenters. The van der Waals surface area contributed by atoms with Crippen molar-refractivity contribution in [3.63, 3.8) is 0 Å². The van der Waals surface area contributed by atoms with Crippen molar-refractivity contribution in [1.29, 1.82) is 0 Å². The lowest BCUT2D eigenvalue weighted by molar-refractivity contribution is 0.209. The smallest absolute Gasteiger partial charge is 0.182 e. The van der Waals surface area contributed by atoms with Crippen LogP contribution < -0.4 is 5.32 Å². The second kappa shape index (κ2) is 4.78. The van der Waals surface area contributed by atoms with E-state index in [1.54, 1.807) is 12.4 Å². The Bertz CT molecular complexity index is 298. The Morgan fingerprint density at radius 3 is 3.08 bits per heavy atom. The van der Waals surface area contributed by atoms with Gasteiger partial charge in [0.15, 0.2) is 5.13 Å². The van der Waals surface area contributed by atoms with E-state index >= 15 is 0 Å². The molecule has 1 heterocycles. The van der Waals surface area contributed by atoms with Crippen LogP contribution in [0.15, 0.2) is 10.5 Å². The van der Waals surface area contributed by atoms with Gasteiger partial charge in [0.2, 0.25) is 0 Å². The number of nitrogens with one attached hydrogen (secondary N) is 1. The number of nitrogens with zero attached hydrogens (tertiary/aromatic N) is 2. The highest BCUT2D eigenvalue weighted by Gasteiger charge is 2.07. The first-order valence-corrected chi connectivity index (χ1v) is 4.54. The fraction of sp³-hybridized carbons (Fsp3) is 0.429. The van der Waals surface area contributed by atoms with Crippen molar-refractivity contribution in [2.45, 2.75) is 0 Å². The third-order valence-corrected chi connectivity index (χ3v) is 2.22. The standard InChI is InChI=1S/C7H11N3O2S/c1-8-7-9-6(4-13-7)5(3-11)10-12-2/h4,11H,3H2,1-2H3,(H,8,9)/b10-5+. The fourth-order valence-electron chi connectivity index (χ4n) is 0.788. The minimum absolute atomic E-state index is 0.180. The molecule has 5 nitrogen and oxygen atoms in total. The fourth-order valence-corrected chi connectivity index (χ4v) is 1.47. The predicted octanol–water partition coefficient (Wildman–Crippen LogP) is 0.528. The molecule has 0 amide bonds. The van der Waals surface area contributed by atoms with Crippen LogP contribution in [0.4, 0.5) is 5.13 Å². The van der Waals surface area contributed by atoms with Crippen molar-refractivity contribution < 1.29 is 9.94 Å².